The number of hydrogen-bond donors (Lipinski definition) is 1. The minimum absolute atomic E-state index is 0.0484. The first-order valence-corrected chi connectivity index (χ1v) is 4.89. The van der Waals surface area contributed by atoms with E-state index >= 15 is 0 Å². The lowest BCUT2D eigenvalue weighted by atomic mass is 9.87. The van der Waals surface area contributed by atoms with Crippen molar-refractivity contribution in [3.8, 4) is 0 Å². The summed E-state index contributed by atoms with van der Waals surface area (Å²) in [5.74, 6) is 1.57. The van der Waals surface area contributed by atoms with Crippen molar-refractivity contribution in [1.82, 2.24) is 4.98 Å². The van der Waals surface area contributed by atoms with Gasteiger partial charge in [0, 0.05) is 12.3 Å². The Labute approximate surface area is 85.7 Å². The lowest BCUT2D eigenvalue weighted by Gasteiger charge is -2.22. The smallest absolute Gasteiger partial charge is 0.191 e. The molecule has 3 nitrogen and oxygen atoms in total. The average molecular weight is 196 g/mol. The molecule has 2 N–H and O–H groups in total. The van der Waals surface area contributed by atoms with Crippen molar-refractivity contribution in [3.05, 3.63) is 17.3 Å². The zero-order chi connectivity index (χ0) is 11.1. The van der Waals surface area contributed by atoms with E-state index in [4.69, 9.17) is 10.2 Å². The summed E-state index contributed by atoms with van der Waals surface area (Å²) in [6.45, 7) is 12.0. The van der Waals surface area contributed by atoms with Crippen LogP contribution in [0.3, 0.4) is 0 Å². The van der Waals surface area contributed by atoms with Crippen LogP contribution in [0, 0.1) is 6.92 Å². The van der Waals surface area contributed by atoms with Crippen molar-refractivity contribution >= 4 is 0 Å². The van der Waals surface area contributed by atoms with Gasteiger partial charge in [0.15, 0.2) is 5.89 Å². The fourth-order valence-electron chi connectivity index (χ4n) is 1.37. The van der Waals surface area contributed by atoms with Crippen molar-refractivity contribution in [1.29, 1.82) is 0 Å². The van der Waals surface area contributed by atoms with Crippen LogP contribution in [0.5, 0.6) is 0 Å². The van der Waals surface area contributed by atoms with Gasteiger partial charge in [0.25, 0.3) is 0 Å². The largest absolute Gasteiger partial charge is 0.445 e. The Kier molecular flexibility index (Phi) is 2.48. The van der Waals surface area contributed by atoms with E-state index in [0.29, 0.717) is 5.89 Å². The highest BCUT2D eigenvalue weighted by Crippen LogP contribution is 2.31. The number of nitrogens with zero attached hydrogens (tertiary/aromatic N) is 1. The second kappa shape index (κ2) is 3.09. The molecule has 0 saturated heterocycles. The standard InChI is InChI=1S/C11H20N2O/c1-7-13-8(11(5,6)12)9(14-7)10(2,3)4/h12H2,1-6H3. The molecule has 0 aliphatic carbocycles. The molecule has 0 aliphatic rings. The monoisotopic (exact) mass is 196 g/mol. The van der Waals surface area contributed by atoms with E-state index in [0.717, 1.165) is 11.5 Å². The summed E-state index contributed by atoms with van der Waals surface area (Å²) in [4.78, 5) is 4.36. The van der Waals surface area contributed by atoms with Crippen molar-refractivity contribution < 1.29 is 4.42 Å². The van der Waals surface area contributed by atoms with Gasteiger partial charge in [0.1, 0.15) is 11.5 Å². The number of oxazole rings is 1. The average Bonchev–Trinajstić information content (AvgIpc) is 2.27. The third-order valence-corrected chi connectivity index (χ3v) is 2.03. The van der Waals surface area contributed by atoms with Gasteiger partial charge in [0.05, 0.1) is 5.54 Å². The van der Waals surface area contributed by atoms with Crippen LogP contribution in [0.2, 0.25) is 0 Å². The summed E-state index contributed by atoms with van der Waals surface area (Å²) >= 11 is 0. The van der Waals surface area contributed by atoms with Gasteiger partial charge < -0.3 is 10.2 Å². The highest BCUT2D eigenvalue weighted by molar-refractivity contribution is 5.24. The van der Waals surface area contributed by atoms with Crippen molar-refractivity contribution in [2.75, 3.05) is 0 Å². The maximum atomic E-state index is 6.05. The van der Waals surface area contributed by atoms with E-state index in [9.17, 15) is 0 Å². The summed E-state index contributed by atoms with van der Waals surface area (Å²) in [5, 5.41) is 0. The van der Waals surface area contributed by atoms with E-state index < -0.39 is 5.54 Å². The molecule has 0 fully saturated rings. The summed E-state index contributed by atoms with van der Waals surface area (Å²) in [6, 6.07) is 0. The fraction of sp³-hybridized carbons (Fsp3) is 0.727. The molecule has 0 unspecified atom stereocenters. The molecule has 1 rings (SSSR count). The van der Waals surface area contributed by atoms with Crippen molar-refractivity contribution in [2.45, 2.75) is 52.5 Å². The summed E-state index contributed by atoms with van der Waals surface area (Å²) in [6.07, 6.45) is 0. The van der Waals surface area contributed by atoms with Gasteiger partial charge in [-0.2, -0.15) is 0 Å². The summed E-state index contributed by atoms with van der Waals surface area (Å²) < 4.78 is 5.61. The second-order valence-corrected chi connectivity index (χ2v) is 5.38. The highest BCUT2D eigenvalue weighted by atomic mass is 16.4. The van der Waals surface area contributed by atoms with Gasteiger partial charge in [-0.1, -0.05) is 20.8 Å². The molecule has 1 heterocycles. The first-order valence-electron chi connectivity index (χ1n) is 4.89. The van der Waals surface area contributed by atoms with Crippen LogP contribution in [0.15, 0.2) is 4.42 Å². The van der Waals surface area contributed by atoms with Crippen molar-refractivity contribution in [3.63, 3.8) is 0 Å². The van der Waals surface area contributed by atoms with Gasteiger partial charge in [-0.25, -0.2) is 4.98 Å². The number of aryl methyl sites for hydroxylation is 1. The lowest BCUT2D eigenvalue weighted by Crippen LogP contribution is -2.32. The number of nitrogens with two attached hydrogens (primary N) is 1. The van der Waals surface area contributed by atoms with Gasteiger partial charge in [-0.05, 0) is 13.8 Å². The predicted molar refractivity (Wildman–Crippen MR) is 57.2 cm³/mol. The SMILES string of the molecule is Cc1nc(C(C)(C)N)c(C(C)(C)C)o1. The van der Waals surface area contributed by atoms with Crippen LogP contribution in [0.4, 0.5) is 0 Å². The third kappa shape index (κ3) is 2.15. The van der Waals surface area contributed by atoms with Gasteiger partial charge in [-0.15, -0.1) is 0 Å². The van der Waals surface area contributed by atoms with Crippen LogP contribution in [-0.4, -0.2) is 4.98 Å². The molecule has 1 aromatic heterocycles. The van der Waals surface area contributed by atoms with Gasteiger partial charge in [0.2, 0.25) is 0 Å². The Bertz CT molecular complexity index is 295. The van der Waals surface area contributed by atoms with Gasteiger partial charge in [-0.3, -0.25) is 0 Å². The molecular formula is C11H20N2O. The minimum Gasteiger partial charge on any atom is -0.445 e. The van der Waals surface area contributed by atoms with E-state index in [-0.39, 0.29) is 5.41 Å². The number of hydrogen-bond acceptors (Lipinski definition) is 3. The van der Waals surface area contributed by atoms with Crippen molar-refractivity contribution in [2.24, 2.45) is 5.73 Å². The van der Waals surface area contributed by atoms with Crippen LogP contribution < -0.4 is 5.73 Å². The minimum atomic E-state index is -0.444. The Hall–Kier alpha value is -0.830. The Morgan fingerprint density at radius 2 is 1.64 bits per heavy atom. The first-order chi connectivity index (χ1) is 6.12. The van der Waals surface area contributed by atoms with E-state index in [1.54, 1.807) is 0 Å². The van der Waals surface area contributed by atoms with E-state index in [1.165, 1.54) is 0 Å². The lowest BCUT2D eigenvalue weighted by molar-refractivity contribution is 0.378. The van der Waals surface area contributed by atoms with Crippen LogP contribution in [0.25, 0.3) is 0 Å². The zero-order valence-electron chi connectivity index (χ0n) is 9.93. The number of rotatable bonds is 1. The van der Waals surface area contributed by atoms with E-state index in [1.807, 2.05) is 20.8 Å². The molecule has 0 radical (unpaired) electrons. The molecule has 14 heavy (non-hydrogen) atoms. The van der Waals surface area contributed by atoms with Crippen LogP contribution in [-0.2, 0) is 11.0 Å². The quantitative estimate of drug-likeness (QED) is 0.750. The Morgan fingerprint density at radius 1 is 1.14 bits per heavy atom. The zero-order valence-corrected chi connectivity index (χ0v) is 9.93. The summed E-state index contributed by atoms with van der Waals surface area (Å²) in [5.41, 5.74) is 6.42. The molecule has 0 spiro atoms. The highest BCUT2D eigenvalue weighted by Gasteiger charge is 2.31. The number of aromatic nitrogens is 1. The molecule has 0 aromatic carbocycles. The molecule has 3 heteroatoms. The molecule has 1 aromatic rings. The summed E-state index contributed by atoms with van der Waals surface area (Å²) in [7, 11) is 0. The van der Waals surface area contributed by atoms with Crippen LogP contribution in [0.1, 0.15) is 52.0 Å². The maximum absolute atomic E-state index is 6.05. The maximum Gasteiger partial charge on any atom is 0.191 e. The molecule has 0 aliphatic heterocycles. The normalized spacial score (nSPS) is 13.4. The Morgan fingerprint density at radius 3 is 1.93 bits per heavy atom. The van der Waals surface area contributed by atoms with Gasteiger partial charge >= 0.3 is 0 Å². The van der Waals surface area contributed by atoms with Crippen LogP contribution >= 0.6 is 0 Å². The van der Waals surface area contributed by atoms with E-state index in [2.05, 4.69) is 25.8 Å². The Balaban J connectivity index is 3.31. The first kappa shape index (κ1) is 11.2. The molecular weight excluding hydrogens is 176 g/mol. The molecule has 0 bridgehead atoms. The molecule has 0 saturated carbocycles. The molecule has 0 atom stereocenters. The molecule has 0 amide bonds. The third-order valence-electron chi connectivity index (χ3n) is 2.03. The fourth-order valence-corrected chi connectivity index (χ4v) is 1.37. The second-order valence-electron chi connectivity index (χ2n) is 5.38. The topological polar surface area (TPSA) is 52.0 Å². The molecule has 80 valence electrons. The predicted octanol–water partition coefficient (Wildman–Crippen LogP) is 2.47.